The number of nitro benzene ring substituents is 1. The average Bonchev–Trinajstić information content (AvgIpc) is 3.11. The quantitative estimate of drug-likeness (QED) is 0.630. The van der Waals surface area contributed by atoms with Crippen molar-refractivity contribution in [1.29, 1.82) is 0 Å². The molecule has 0 aliphatic carbocycles. The molecule has 7 nitrogen and oxygen atoms in total. The number of nitrogens with zero attached hydrogens (tertiary/aromatic N) is 2. The van der Waals surface area contributed by atoms with Crippen molar-refractivity contribution in [2.24, 2.45) is 5.92 Å². The number of hydrogen-bond donors (Lipinski definition) is 1. The molecule has 0 aromatic heterocycles. The van der Waals surface area contributed by atoms with Gasteiger partial charge in [0.2, 0.25) is 0 Å². The number of morpholine rings is 1. The number of rotatable bonds is 6. The largest absolute Gasteiger partial charge is 0.381 e. The first-order valence-corrected chi connectivity index (χ1v) is 8.22. The van der Waals surface area contributed by atoms with E-state index in [1.165, 1.54) is 12.1 Å². The van der Waals surface area contributed by atoms with E-state index in [-0.39, 0.29) is 11.7 Å². The highest BCUT2D eigenvalue weighted by Gasteiger charge is 2.31. The predicted octanol–water partition coefficient (Wildman–Crippen LogP) is 1.88. The molecule has 2 aliphatic heterocycles. The number of nitro groups is 1. The molecule has 1 N–H and O–H groups in total. The molecule has 24 heavy (non-hydrogen) atoms. The summed E-state index contributed by atoms with van der Waals surface area (Å²) in [6.45, 7) is 5.09. The van der Waals surface area contributed by atoms with E-state index in [2.05, 4.69) is 10.2 Å². The zero-order valence-electron chi connectivity index (χ0n) is 13.4. The molecule has 2 saturated heterocycles. The van der Waals surface area contributed by atoms with Gasteiger partial charge < -0.3 is 14.8 Å². The summed E-state index contributed by atoms with van der Waals surface area (Å²) in [4.78, 5) is 12.9. The summed E-state index contributed by atoms with van der Waals surface area (Å²) in [5, 5.41) is 14.3. The number of ether oxygens (including phenoxy) is 2. The third kappa shape index (κ3) is 4.00. The van der Waals surface area contributed by atoms with Crippen LogP contribution in [0.15, 0.2) is 18.2 Å². The Morgan fingerprint density at radius 3 is 2.79 bits per heavy atom. The third-order valence-electron chi connectivity index (χ3n) is 4.68. The van der Waals surface area contributed by atoms with Crippen LogP contribution in [0.25, 0.3) is 0 Å². The molecular formula is C16H22FN3O4. The zero-order valence-corrected chi connectivity index (χ0v) is 13.4. The average molecular weight is 339 g/mol. The molecule has 3 rings (SSSR count). The third-order valence-corrected chi connectivity index (χ3v) is 4.68. The van der Waals surface area contributed by atoms with Crippen LogP contribution in [-0.4, -0.2) is 61.9 Å². The Morgan fingerprint density at radius 2 is 2.12 bits per heavy atom. The van der Waals surface area contributed by atoms with E-state index in [0.29, 0.717) is 38.0 Å². The molecule has 1 aromatic rings. The van der Waals surface area contributed by atoms with Crippen LogP contribution >= 0.6 is 0 Å². The molecule has 132 valence electrons. The number of hydrogen-bond acceptors (Lipinski definition) is 6. The zero-order chi connectivity index (χ0) is 16.9. The SMILES string of the molecule is O=[N+]([O-])c1cc(F)ccc1NC[C@@H]([C@@H]1CCOC1)N1CCOCC1. The van der Waals surface area contributed by atoms with Gasteiger partial charge in [0.05, 0.1) is 30.8 Å². The Hall–Kier alpha value is -1.77. The van der Waals surface area contributed by atoms with Crippen molar-refractivity contribution in [2.45, 2.75) is 12.5 Å². The lowest BCUT2D eigenvalue weighted by Gasteiger charge is -2.37. The molecule has 2 fully saturated rings. The van der Waals surface area contributed by atoms with E-state index in [0.717, 1.165) is 32.2 Å². The van der Waals surface area contributed by atoms with Crippen molar-refractivity contribution in [3.8, 4) is 0 Å². The van der Waals surface area contributed by atoms with E-state index >= 15 is 0 Å². The van der Waals surface area contributed by atoms with Crippen LogP contribution in [-0.2, 0) is 9.47 Å². The summed E-state index contributed by atoms with van der Waals surface area (Å²) in [6, 6.07) is 3.82. The minimum Gasteiger partial charge on any atom is -0.381 e. The molecule has 0 unspecified atom stereocenters. The Kier molecular flexibility index (Phi) is 5.60. The molecule has 2 heterocycles. The van der Waals surface area contributed by atoms with Gasteiger partial charge in [-0.25, -0.2) is 4.39 Å². The maximum Gasteiger partial charge on any atom is 0.295 e. The maximum atomic E-state index is 13.3. The van der Waals surface area contributed by atoms with Gasteiger partial charge in [0.25, 0.3) is 5.69 Å². The Bertz CT molecular complexity index is 574. The van der Waals surface area contributed by atoms with Gasteiger partial charge in [0, 0.05) is 38.2 Å². The maximum absolute atomic E-state index is 13.3. The summed E-state index contributed by atoms with van der Waals surface area (Å²) >= 11 is 0. The van der Waals surface area contributed by atoms with Crippen LogP contribution in [0.3, 0.4) is 0 Å². The van der Waals surface area contributed by atoms with Crippen LogP contribution in [0.1, 0.15) is 6.42 Å². The summed E-state index contributed by atoms with van der Waals surface area (Å²) < 4.78 is 24.2. The lowest BCUT2D eigenvalue weighted by molar-refractivity contribution is -0.384. The molecule has 0 amide bonds. The fraction of sp³-hybridized carbons (Fsp3) is 0.625. The number of anilines is 1. The summed E-state index contributed by atoms with van der Waals surface area (Å²) in [6.07, 6.45) is 0.981. The van der Waals surface area contributed by atoms with Gasteiger partial charge in [0.1, 0.15) is 11.5 Å². The van der Waals surface area contributed by atoms with Gasteiger partial charge in [-0.05, 0) is 18.6 Å². The van der Waals surface area contributed by atoms with Crippen LogP contribution in [0.4, 0.5) is 15.8 Å². The van der Waals surface area contributed by atoms with Gasteiger partial charge in [-0.2, -0.15) is 0 Å². The molecule has 0 radical (unpaired) electrons. The van der Waals surface area contributed by atoms with E-state index in [1.807, 2.05) is 0 Å². The highest BCUT2D eigenvalue weighted by Crippen LogP contribution is 2.27. The predicted molar refractivity (Wildman–Crippen MR) is 86.7 cm³/mol. The first-order valence-electron chi connectivity index (χ1n) is 8.22. The Labute approximate surface area is 139 Å². The van der Waals surface area contributed by atoms with E-state index in [9.17, 15) is 14.5 Å². The topological polar surface area (TPSA) is 76.9 Å². The van der Waals surface area contributed by atoms with Gasteiger partial charge in [-0.3, -0.25) is 15.0 Å². The smallest absolute Gasteiger partial charge is 0.295 e. The van der Waals surface area contributed by atoms with Crippen molar-refractivity contribution in [3.05, 3.63) is 34.1 Å². The highest BCUT2D eigenvalue weighted by atomic mass is 19.1. The van der Waals surface area contributed by atoms with Crippen LogP contribution in [0, 0.1) is 21.8 Å². The number of benzene rings is 1. The van der Waals surface area contributed by atoms with Crippen molar-refractivity contribution in [3.63, 3.8) is 0 Å². The fourth-order valence-electron chi connectivity index (χ4n) is 3.38. The molecular weight excluding hydrogens is 317 g/mol. The van der Waals surface area contributed by atoms with Crippen molar-refractivity contribution < 1.29 is 18.8 Å². The molecule has 0 spiro atoms. The summed E-state index contributed by atoms with van der Waals surface area (Å²) in [7, 11) is 0. The summed E-state index contributed by atoms with van der Waals surface area (Å²) in [5.74, 6) is -0.226. The van der Waals surface area contributed by atoms with Gasteiger partial charge in [-0.15, -0.1) is 0 Å². The lowest BCUT2D eigenvalue weighted by atomic mass is 9.96. The van der Waals surface area contributed by atoms with Crippen LogP contribution < -0.4 is 5.32 Å². The Balaban J connectivity index is 1.72. The molecule has 8 heteroatoms. The van der Waals surface area contributed by atoms with Gasteiger partial charge in [0.15, 0.2) is 0 Å². The normalized spacial score (nSPS) is 23.1. The van der Waals surface area contributed by atoms with Crippen LogP contribution in [0.5, 0.6) is 0 Å². The van der Waals surface area contributed by atoms with E-state index < -0.39 is 10.7 Å². The van der Waals surface area contributed by atoms with Crippen molar-refractivity contribution in [2.75, 3.05) is 51.4 Å². The first-order chi connectivity index (χ1) is 11.6. The second kappa shape index (κ2) is 7.87. The second-order valence-electron chi connectivity index (χ2n) is 6.14. The Morgan fingerprint density at radius 1 is 1.33 bits per heavy atom. The minimum atomic E-state index is -0.610. The van der Waals surface area contributed by atoms with Crippen LogP contribution in [0.2, 0.25) is 0 Å². The standard InChI is InChI=1S/C16H22FN3O4/c17-13-1-2-14(15(9-13)20(21)22)18-10-16(12-3-6-24-11-12)19-4-7-23-8-5-19/h1-2,9,12,16,18H,3-8,10-11H2/t12-,16+/m1/s1. The molecule has 2 atom stereocenters. The summed E-state index contributed by atoms with van der Waals surface area (Å²) in [5.41, 5.74) is 0.108. The fourth-order valence-corrected chi connectivity index (χ4v) is 3.38. The lowest BCUT2D eigenvalue weighted by Crippen LogP contribution is -2.50. The van der Waals surface area contributed by atoms with E-state index in [4.69, 9.17) is 9.47 Å². The van der Waals surface area contributed by atoms with Crippen molar-refractivity contribution >= 4 is 11.4 Å². The highest BCUT2D eigenvalue weighted by molar-refractivity contribution is 5.61. The monoisotopic (exact) mass is 339 g/mol. The number of nitrogens with one attached hydrogen (secondary N) is 1. The minimum absolute atomic E-state index is 0.209. The first kappa shape index (κ1) is 17.1. The molecule has 2 aliphatic rings. The molecule has 1 aromatic carbocycles. The number of halogens is 1. The molecule has 0 bridgehead atoms. The van der Waals surface area contributed by atoms with Crippen molar-refractivity contribution in [1.82, 2.24) is 4.90 Å². The molecule has 0 saturated carbocycles. The second-order valence-corrected chi connectivity index (χ2v) is 6.14. The van der Waals surface area contributed by atoms with Gasteiger partial charge in [-0.1, -0.05) is 0 Å². The van der Waals surface area contributed by atoms with E-state index in [1.54, 1.807) is 0 Å². The van der Waals surface area contributed by atoms with Gasteiger partial charge >= 0.3 is 0 Å².